The zero-order valence-electron chi connectivity index (χ0n) is 11.9. The van der Waals surface area contributed by atoms with Crippen molar-refractivity contribution in [1.29, 1.82) is 0 Å². The number of aryl methyl sites for hydroxylation is 1. The largest absolute Gasteiger partial charge is 0.334 e. The number of thiophene rings is 1. The fraction of sp³-hybridized carbons (Fsp3) is 0.333. The highest BCUT2D eigenvalue weighted by molar-refractivity contribution is 7.16. The van der Waals surface area contributed by atoms with Crippen LogP contribution in [-0.4, -0.2) is 22.3 Å². The second kappa shape index (κ2) is 7.25. The third-order valence-corrected chi connectivity index (χ3v) is 4.51. The fourth-order valence-electron chi connectivity index (χ4n) is 1.99. The van der Waals surface area contributed by atoms with E-state index in [-0.39, 0.29) is 5.91 Å². The second-order valence-corrected chi connectivity index (χ2v) is 6.74. The molecule has 0 spiro atoms. The third kappa shape index (κ3) is 4.19. The minimum absolute atomic E-state index is 0.0407. The summed E-state index contributed by atoms with van der Waals surface area (Å²) in [6, 6.07) is 7.21. The van der Waals surface area contributed by atoms with Gasteiger partial charge in [0.05, 0.1) is 10.9 Å². The van der Waals surface area contributed by atoms with E-state index >= 15 is 0 Å². The van der Waals surface area contributed by atoms with Gasteiger partial charge in [0.1, 0.15) is 5.15 Å². The van der Waals surface area contributed by atoms with Crippen molar-refractivity contribution < 1.29 is 4.79 Å². The van der Waals surface area contributed by atoms with Crippen molar-refractivity contribution in [3.8, 4) is 0 Å². The molecule has 2 heterocycles. The summed E-state index contributed by atoms with van der Waals surface area (Å²) < 4.78 is 0.730. The molecule has 0 atom stereocenters. The van der Waals surface area contributed by atoms with Crippen molar-refractivity contribution >= 4 is 40.4 Å². The summed E-state index contributed by atoms with van der Waals surface area (Å²) in [6.07, 6.45) is 0.744. The first-order valence-corrected chi connectivity index (χ1v) is 8.30. The number of halogens is 2. The van der Waals surface area contributed by atoms with E-state index in [0.29, 0.717) is 23.8 Å². The molecule has 0 bridgehead atoms. The molecule has 21 heavy (non-hydrogen) atoms. The summed E-state index contributed by atoms with van der Waals surface area (Å²) in [7, 11) is 0. The molecule has 1 amide bonds. The minimum Gasteiger partial charge on any atom is -0.334 e. The highest BCUT2D eigenvalue weighted by atomic mass is 35.5. The SMILES string of the molecule is CCc1cc(C(=O)N(CC)Cc2ccc(Cl)s2)cc(Cl)n1. The summed E-state index contributed by atoms with van der Waals surface area (Å²) >= 11 is 13.4. The highest BCUT2D eigenvalue weighted by Crippen LogP contribution is 2.23. The summed E-state index contributed by atoms with van der Waals surface area (Å²) in [4.78, 5) is 19.6. The number of carbonyl (C=O) groups excluding carboxylic acids is 1. The molecule has 0 saturated heterocycles. The van der Waals surface area contributed by atoms with Gasteiger partial charge in [0, 0.05) is 22.7 Å². The predicted octanol–water partition coefficient (Wildman–Crippen LogP) is 4.67. The van der Waals surface area contributed by atoms with Gasteiger partial charge in [-0.25, -0.2) is 4.98 Å². The van der Waals surface area contributed by atoms with Crippen molar-refractivity contribution in [3.63, 3.8) is 0 Å². The van der Waals surface area contributed by atoms with E-state index in [9.17, 15) is 4.79 Å². The van der Waals surface area contributed by atoms with Crippen molar-refractivity contribution in [3.05, 3.63) is 49.9 Å². The molecule has 2 aromatic heterocycles. The lowest BCUT2D eigenvalue weighted by Crippen LogP contribution is -2.30. The van der Waals surface area contributed by atoms with Gasteiger partial charge in [-0.1, -0.05) is 30.1 Å². The molecule has 6 heteroatoms. The van der Waals surface area contributed by atoms with Crippen LogP contribution in [0.1, 0.15) is 34.8 Å². The van der Waals surface area contributed by atoms with Gasteiger partial charge in [0.2, 0.25) is 0 Å². The molecule has 2 aromatic rings. The van der Waals surface area contributed by atoms with E-state index in [1.165, 1.54) is 11.3 Å². The Bertz CT molecular complexity index is 642. The Morgan fingerprint density at radius 1 is 1.29 bits per heavy atom. The molecular formula is C15H16Cl2N2OS. The number of pyridine rings is 1. The first kappa shape index (κ1) is 16.3. The number of amides is 1. The van der Waals surface area contributed by atoms with Crippen LogP contribution in [-0.2, 0) is 13.0 Å². The first-order valence-electron chi connectivity index (χ1n) is 6.73. The van der Waals surface area contributed by atoms with E-state index in [4.69, 9.17) is 23.2 Å². The van der Waals surface area contributed by atoms with Crippen LogP contribution in [0.3, 0.4) is 0 Å². The van der Waals surface area contributed by atoms with Gasteiger partial charge in [-0.05, 0) is 37.6 Å². The lowest BCUT2D eigenvalue weighted by Gasteiger charge is -2.20. The number of hydrogen-bond acceptors (Lipinski definition) is 3. The van der Waals surface area contributed by atoms with Gasteiger partial charge in [0.25, 0.3) is 5.91 Å². The van der Waals surface area contributed by atoms with Crippen LogP contribution in [0, 0.1) is 0 Å². The molecular weight excluding hydrogens is 327 g/mol. The van der Waals surface area contributed by atoms with Crippen LogP contribution >= 0.6 is 34.5 Å². The zero-order chi connectivity index (χ0) is 15.4. The maximum atomic E-state index is 12.6. The quantitative estimate of drug-likeness (QED) is 0.739. The van der Waals surface area contributed by atoms with Gasteiger partial charge in [-0.3, -0.25) is 4.79 Å². The molecule has 112 valence electrons. The molecule has 0 saturated carbocycles. The molecule has 0 aliphatic carbocycles. The van der Waals surface area contributed by atoms with Crippen LogP contribution in [0.15, 0.2) is 24.3 Å². The Labute approximate surface area is 138 Å². The van der Waals surface area contributed by atoms with Crippen LogP contribution in [0.5, 0.6) is 0 Å². The lowest BCUT2D eigenvalue weighted by atomic mass is 10.1. The number of hydrogen-bond donors (Lipinski definition) is 0. The molecule has 0 fully saturated rings. The Balaban J connectivity index is 2.21. The summed E-state index contributed by atoms with van der Waals surface area (Å²) in [6.45, 7) is 5.11. The zero-order valence-corrected chi connectivity index (χ0v) is 14.2. The Morgan fingerprint density at radius 3 is 2.62 bits per heavy atom. The van der Waals surface area contributed by atoms with Gasteiger partial charge in [-0.2, -0.15) is 0 Å². The number of nitrogens with zero attached hydrogens (tertiary/aromatic N) is 2. The monoisotopic (exact) mass is 342 g/mol. The third-order valence-electron chi connectivity index (χ3n) is 3.10. The van der Waals surface area contributed by atoms with Crippen LogP contribution in [0.25, 0.3) is 0 Å². The maximum Gasteiger partial charge on any atom is 0.254 e. The molecule has 0 aliphatic heterocycles. The molecule has 0 unspecified atom stereocenters. The Hall–Kier alpha value is -1.10. The predicted molar refractivity (Wildman–Crippen MR) is 88.4 cm³/mol. The average molecular weight is 343 g/mol. The lowest BCUT2D eigenvalue weighted by molar-refractivity contribution is 0.0754. The standard InChI is InChI=1S/C15H16Cl2N2OS/c1-3-11-7-10(8-13(16)18-11)15(20)19(4-2)9-12-5-6-14(17)21-12/h5-8H,3-4,9H2,1-2H3. The molecule has 0 aromatic carbocycles. The summed E-state index contributed by atoms with van der Waals surface area (Å²) in [5.41, 5.74) is 1.40. The van der Waals surface area contributed by atoms with Gasteiger partial charge < -0.3 is 4.90 Å². The topological polar surface area (TPSA) is 33.2 Å². The van der Waals surface area contributed by atoms with Crippen LogP contribution < -0.4 is 0 Å². The van der Waals surface area contributed by atoms with Gasteiger partial charge in [-0.15, -0.1) is 11.3 Å². The van der Waals surface area contributed by atoms with Crippen LogP contribution in [0.2, 0.25) is 9.49 Å². The first-order chi connectivity index (χ1) is 10.0. The number of rotatable bonds is 5. The van der Waals surface area contributed by atoms with E-state index in [1.54, 1.807) is 17.0 Å². The minimum atomic E-state index is -0.0407. The van der Waals surface area contributed by atoms with Crippen molar-refractivity contribution in [1.82, 2.24) is 9.88 Å². The maximum absolute atomic E-state index is 12.6. The van der Waals surface area contributed by atoms with Gasteiger partial charge in [0.15, 0.2) is 0 Å². The van der Waals surface area contributed by atoms with E-state index in [1.807, 2.05) is 26.0 Å². The van der Waals surface area contributed by atoms with Crippen molar-refractivity contribution in [2.75, 3.05) is 6.54 Å². The Kier molecular flexibility index (Phi) is 5.62. The van der Waals surface area contributed by atoms with E-state index in [0.717, 1.165) is 21.3 Å². The van der Waals surface area contributed by atoms with E-state index in [2.05, 4.69) is 4.98 Å². The normalized spacial score (nSPS) is 10.7. The van der Waals surface area contributed by atoms with Gasteiger partial charge >= 0.3 is 0 Å². The fourth-order valence-corrected chi connectivity index (χ4v) is 3.32. The Morgan fingerprint density at radius 2 is 2.05 bits per heavy atom. The van der Waals surface area contributed by atoms with Crippen molar-refractivity contribution in [2.24, 2.45) is 0 Å². The summed E-state index contributed by atoms with van der Waals surface area (Å²) in [5, 5.41) is 0.355. The smallest absolute Gasteiger partial charge is 0.254 e. The number of aromatic nitrogens is 1. The molecule has 0 N–H and O–H groups in total. The second-order valence-electron chi connectivity index (χ2n) is 4.55. The molecule has 2 rings (SSSR count). The van der Waals surface area contributed by atoms with Crippen molar-refractivity contribution in [2.45, 2.75) is 26.8 Å². The number of carbonyl (C=O) groups is 1. The highest BCUT2D eigenvalue weighted by Gasteiger charge is 2.17. The van der Waals surface area contributed by atoms with Crippen LogP contribution in [0.4, 0.5) is 0 Å². The molecule has 0 radical (unpaired) electrons. The van der Waals surface area contributed by atoms with E-state index < -0.39 is 0 Å². The summed E-state index contributed by atoms with van der Waals surface area (Å²) in [5.74, 6) is -0.0407. The molecule has 0 aliphatic rings. The molecule has 3 nitrogen and oxygen atoms in total. The average Bonchev–Trinajstić information content (AvgIpc) is 2.88.